The maximum Gasteiger partial charge on any atom is 0.335 e. The van der Waals surface area contributed by atoms with Crippen molar-refractivity contribution in [2.75, 3.05) is 4.90 Å². The summed E-state index contributed by atoms with van der Waals surface area (Å²) in [7, 11) is 0. The van der Waals surface area contributed by atoms with Crippen LogP contribution < -0.4 is 9.64 Å². The number of rotatable bonds is 2. The van der Waals surface area contributed by atoms with Gasteiger partial charge in [-0.05, 0) is 36.6 Å². The summed E-state index contributed by atoms with van der Waals surface area (Å²) >= 11 is 1.34. The Hall–Kier alpha value is -3.12. The fraction of sp³-hybridized carbons (Fsp3) is 0.182. The van der Waals surface area contributed by atoms with Crippen LogP contribution in [-0.2, 0) is 0 Å². The van der Waals surface area contributed by atoms with Gasteiger partial charge in [0.05, 0.1) is 10.9 Å². The Morgan fingerprint density at radius 3 is 2.57 bits per heavy atom. The number of benzene rings is 2. The quantitative estimate of drug-likeness (QED) is 0.614. The minimum absolute atomic E-state index is 0.273. The molecular formula is C22H18N2O3S. The number of ether oxygens (including phenoxy) is 1. The van der Waals surface area contributed by atoms with Gasteiger partial charge in [0.1, 0.15) is 5.75 Å². The summed E-state index contributed by atoms with van der Waals surface area (Å²) < 4.78 is 6.32. The highest BCUT2D eigenvalue weighted by molar-refractivity contribution is 7.12. The fourth-order valence-electron chi connectivity index (χ4n) is 4.11. The zero-order valence-corrected chi connectivity index (χ0v) is 16.1. The lowest BCUT2D eigenvalue weighted by atomic mass is 9.88. The highest BCUT2D eigenvalue weighted by atomic mass is 32.1. The lowest BCUT2D eigenvalue weighted by Gasteiger charge is -2.53. The van der Waals surface area contributed by atoms with Gasteiger partial charge in [0.25, 0.3) is 5.91 Å². The van der Waals surface area contributed by atoms with E-state index < -0.39 is 5.72 Å². The van der Waals surface area contributed by atoms with Crippen LogP contribution in [0.5, 0.6) is 5.75 Å². The normalized spacial score (nSPS) is 23.2. The van der Waals surface area contributed by atoms with Gasteiger partial charge in [0.2, 0.25) is 0 Å². The molecule has 0 aliphatic carbocycles. The molecule has 28 heavy (non-hydrogen) atoms. The number of carbonyl (C=O) groups is 2. The average Bonchev–Trinajstić information content (AvgIpc) is 3.23. The van der Waals surface area contributed by atoms with Crippen LogP contribution in [0, 0.1) is 0 Å². The molecule has 0 unspecified atom stereocenters. The largest absolute Gasteiger partial charge is 0.467 e. The molecule has 0 radical (unpaired) electrons. The summed E-state index contributed by atoms with van der Waals surface area (Å²) in [6, 6.07) is 19.9. The van der Waals surface area contributed by atoms with Crippen LogP contribution in [-0.4, -0.2) is 22.6 Å². The van der Waals surface area contributed by atoms with Crippen molar-refractivity contribution in [2.24, 2.45) is 0 Å². The summed E-state index contributed by atoms with van der Waals surface area (Å²) in [5.74, 6) is 0.434. The third-order valence-electron chi connectivity index (χ3n) is 5.33. The van der Waals surface area contributed by atoms with Crippen molar-refractivity contribution in [3.63, 3.8) is 0 Å². The van der Waals surface area contributed by atoms with Gasteiger partial charge in [-0.3, -0.25) is 14.6 Å². The summed E-state index contributed by atoms with van der Waals surface area (Å²) in [5.41, 5.74) is 0.701. The van der Waals surface area contributed by atoms with E-state index in [2.05, 4.69) is 0 Å². The second-order valence-electron chi connectivity index (χ2n) is 7.14. The Bertz CT molecular complexity index is 1050. The number of hydrogen-bond donors (Lipinski definition) is 0. The second-order valence-corrected chi connectivity index (χ2v) is 8.09. The molecule has 0 saturated carbocycles. The van der Waals surface area contributed by atoms with E-state index in [9.17, 15) is 9.59 Å². The number of carbonyl (C=O) groups excluding carboxylic acids is 2. The maximum absolute atomic E-state index is 13.6. The SMILES string of the molecule is C[C@]12C[C@@H](c3ccccc3O1)N(C(=O)c1cccs1)C(=O)N2c1ccccc1. The van der Waals surface area contributed by atoms with Gasteiger partial charge in [0, 0.05) is 17.7 Å². The summed E-state index contributed by atoms with van der Waals surface area (Å²) in [5, 5.41) is 1.85. The molecule has 2 atom stereocenters. The number of imide groups is 1. The molecule has 1 aromatic heterocycles. The molecule has 140 valence electrons. The molecule has 0 N–H and O–H groups in total. The van der Waals surface area contributed by atoms with Crippen LogP contribution in [0.2, 0.25) is 0 Å². The van der Waals surface area contributed by atoms with Crippen molar-refractivity contribution in [1.29, 1.82) is 0 Å². The van der Waals surface area contributed by atoms with Gasteiger partial charge >= 0.3 is 6.03 Å². The lowest BCUT2D eigenvalue weighted by molar-refractivity contribution is 0.00284. The minimum atomic E-state index is -0.871. The highest BCUT2D eigenvalue weighted by Crippen LogP contribution is 2.49. The first-order valence-corrected chi connectivity index (χ1v) is 10.0. The van der Waals surface area contributed by atoms with Gasteiger partial charge in [-0.15, -0.1) is 11.3 Å². The van der Waals surface area contributed by atoms with Crippen LogP contribution in [0.3, 0.4) is 0 Å². The van der Waals surface area contributed by atoms with E-state index in [1.54, 1.807) is 11.0 Å². The van der Waals surface area contributed by atoms with Gasteiger partial charge < -0.3 is 4.74 Å². The molecule has 2 aliphatic rings. The number of hydrogen-bond acceptors (Lipinski definition) is 4. The van der Waals surface area contributed by atoms with Crippen LogP contribution in [0.4, 0.5) is 10.5 Å². The number of nitrogens with zero attached hydrogens (tertiary/aromatic N) is 2. The van der Waals surface area contributed by atoms with Crippen molar-refractivity contribution in [2.45, 2.75) is 25.1 Å². The van der Waals surface area contributed by atoms with Gasteiger partial charge in [-0.1, -0.05) is 42.5 Å². The Balaban J connectivity index is 1.69. The highest BCUT2D eigenvalue weighted by Gasteiger charge is 2.55. The molecule has 2 bridgehead atoms. The van der Waals surface area contributed by atoms with Crippen LogP contribution in [0.25, 0.3) is 0 Å². The standard InChI is InChI=1S/C22H18N2O3S/c1-22-14-17(16-10-5-6-11-18(16)27-22)23(20(25)19-12-7-13-28-19)21(26)24(22)15-8-3-2-4-9-15/h2-13,17H,14H2,1H3/t17-,22+/m0/s1. The molecule has 3 aromatic rings. The first-order chi connectivity index (χ1) is 13.6. The van der Waals surface area contributed by atoms with Crippen molar-refractivity contribution in [3.05, 3.63) is 82.6 Å². The molecule has 5 rings (SSSR count). The van der Waals surface area contributed by atoms with Crippen LogP contribution in [0.1, 0.15) is 34.6 Å². The molecular weight excluding hydrogens is 372 g/mol. The zero-order valence-electron chi connectivity index (χ0n) is 15.2. The third kappa shape index (κ3) is 2.45. The summed E-state index contributed by atoms with van der Waals surface area (Å²) in [4.78, 5) is 30.5. The number of urea groups is 1. The van der Waals surface area contributed by atoms with E-state index in [1.807, 2.05) is 73.0 Å². The summed E-state index contributed by atoms with van der Waals surface area (Å²) in [6.45, 7) is 1.91. The number of fused-ring (bicyclic) bond motifs is 4. The molecule has 0 spiro atoms. The minimum Gasteiger partial charge on any atom is -0.467 e. The molecule has 5 nitrogen and oxygen atoms in total. The van der Waals surface area contributed by atoms with E-state index in [0.29, 0.717) is 22.7 Å². The Labute approximate surface area is 166 Å². The van der Waals surface area contributed by atoms with E-state index in [1.165, 1.54) is 16.2 Å². The topological polar surface area (TPSA) is 49.9 Å². The van der Waals surface area contributed by atoms with Gasteiger partial charge in [-0.25, -0.2) is 4.79 Å². The van der Waals surface area contributed by atoms with E-state index in [0.717, 1.165) is 5.56 Å². The molecule has 1 fully saturated rings. The van der Waals surface area contributed by atoms with E-state index in [4.69, 9.17) is 4.74 Å². The van der Waals surface area contributed by atoms with Crippen molar-refractivity contribution in [1.82, 2.24) is 4.90 Å². The van der Waals surface area contributed by atoms with Crippen molar-refractivity contribution < 1.29 is 14.3 Å². The van der Waals surface area contributed by atoms with Crippen LogP contribution in [0.15, 0.2) is 72.1 Å². The Morgan fingerprint density at radius 2 is 1.82 bits per heavy atom. The van der Waals surface area contributed by atoms with Crippen LogP contribution >= 0.6 is 11.3 Å². The fourth-order valence-corrected chi connectivity index (χ4v) is 4.77. The average molecular weight is 390 g/mol. The molecule has 1 saturated heterocycles. The van der Waals surface area contributed by atoms with Crippen molar-refractivity contribution in [3.8, 4) is 5.75 Å². The molecule has 2 aliphatic heterocycles. The Morgan fingerprint density at radius 1 is 1.07 bits per heavy atom. The summed E-state index contributed by atoms with van der Waals surface area (Å²) in [6.07, 6.45) is 0.502. The number of amides is 3. The second kappa shape index (κ2) is 6.21. The first kappa shape index (κ1) is 17.0. The van der Waals surface area contributed by atoms with Gasteiger partial charge in [0.15, 0.2) is 5.72 Å². The van der Waals surface area contributed by atoms with E-state index >= 15 is 0 Å². The predicted molar refractivity (Wildman–Crippen MR) is 108 cm³/mol. The van der Waals surface area contributed by atoms with Crippen molar-refractivity contribution >= 4 is 29.0 Å². The Kier molecular flexibility index (Phi) is 3.77. The first-order valence-electron chi connectivity index (χ1n) is 9.13. The lowest BCUT2D eigenvalue weighted by Crippen LogP contribution is -2.67. The predicted octanol–water partition coefficient (Wildman–Crippen LogP) is 5.07. The monoisotopic (exact) mass is 390 g/mol. The number of thiophene rings is 1. The third-order valence-corrected chi connectivity index (χ3v) is 6.18. The van der Waals surface area contributed by atoms with E-state index in [-0.39, 0.29) is 18.0 Å². The molecule has 2 aromatic carbocycles. The molecule has 3 heterocycles. The number of anilines is 1. The smallest absolute Gasteiger partial charge is 0.335 e. The van der Waals surface area contributed by atoms with Gasteiger partial charge in [-0.2, -0.15) is 0 Å². The zero-order chi connectivity index (χ0) is 19.3. The number of para-hydroxylation sites is 2. The molecule has 6 heteroatoms. The maximum atomic E-state index is 13.6. The molecule has 3 amide bonds.